The highest BCUT2D eigenvalue weighted by atomic mass is 19.1. The van der Waals surface area contributed by atoms with E-state index in [9.17, 15) is 8.78 Å². The van der Waals surface area contributed by atoms with Crippen molar-refractivity contribution in [2.24, 2.45) is 0 Å². The number of benzene rings is 1. The van der Waals surface area contributed by atoms with Crippen molar-refractivity contribution in [2.75, 3.05) is 26.3 Å². The van der Waals surface area contributed by atoms with E-state index < -0.39 is 17.4 Å². The van der Waals surface area contributed by atoms with Crippen LogP contribution in [0.5, 0.6) is 0 Å². The molecular weight excluding hydrogens is 252 g/mol. The summed E-state index contributed by atoms with van der Waals surface area (Å²) in [6.07, 6.45) is 1.85. The van der Waals surface area contributed by atoms with E-state index in [1.165, 1.54) is 12.1 Å². The van der Waals surface area contributed by atoms with Gasteiger partial charge >= 0.3 is 0 Å². The summed E-state index contributed by atoms with van der Waals surface area (Å²) in [5, 5.41) is 0. The SMILES string of the molecule is Fc1ccc(CN2CCCC3(C2)OCCO3)c(F)c1. The van der Waals surface area contributed by atoms with Gasteiger partial charge in [-0.1, -0.05) is 6.07 Å². The Kier molecular flexibility index (Phi) is 3.52. The Bertz CT molecular complexity index is 461. The van der Waals surface area contributed by atoms with Crippen LogP contribution in [0.15, 0.2) is 18.2 Å². The minimum atomic E-state index is -0.543. The van der Waals surface area contributed by atoms with Crippen molar-refractivity contribution in [3.05, 3.63) is 35.4 Å². The lowest BCUT2D eigenvalue weighted by Gasteiger charge is -2.38. The maximum Gasteiger partial charge on any atom is 0.181 e. The van der Waals surface area contributed by atoms with Crippen molar-refractivity contribution in [2.45, 2.75) is 25.2 Å². The molecule has 1 aromatic rings. The van der Waals surface area contributed by atoms with Gasteiger partial charge in [0.05, 0.1) is 19.8 Å². The van der Waals surface area contributed by atoms with Gasteiger partial charge in [-0.3, -0.25) is 4.90 Å². The van der Waals surface area contributed by atoms with Gasteiger partial charge in [-0.05, 0) is 19.0 Å². The summed E-state index contributed by atoms with van der Waals surface area (Å²) in [6, 6.07) is 3.72. The molecule has 2 aliphatic heterocycles. The van der Waals surface area contributed by atoms with Crippen LogP contribution in [0.2, 0.25) is 0 Å². The Morgan fingerprint density at radius 2 is 2.00 bits per heavy atom. The van der Waals surface area contributed by atoms with Crippen molar-refractivity contribution in [3.63, 3.8) is 0 Å². The molecule has 0 atom stereocenters. The number of halogens is 2. The Morgan fingerprint density at radius 1 is 1.21 bits per heavy atom. The van der Waals surface area contributed by atoms with Crippen molar-refractivity contribution < 1.29 is 18.3 Å². The molecule has 0 radical (unpaired) electrons. The first-order valence-corrected chi connectivity index (χ1v) is 6.61. The first-order valence-electron chi connectivity index (χ1n) is 6.61. The normalized spacial score (nSPS) is 23.1. The van der Waals surface area contributed by atoms with Gasteiger partial charge in [0.15, 0.2) is 5.79 Å². The molecule has 3 nitrogen and oxygen atoms in total. The van der Waals surface area contributed by atoms with E-state index in [0.717, 1.165) is 25.5 Å². The van der Waals surface area contributed by atoms with Crippen LogP contribution in [0.4, 0.5) is 8.78 Å². The number of likely N-dealkylation sites (tertiary alicyclic amines) is 1. The summed E-state index contributed by atoms with van der Waals surface area (Å²) in [5.41, 5.74) is 0.511. The lowest BCUT2D eigenvalue weighted by Crippen LogP contribution is -2.48. The lowest BCUT2D eigenvalue weighted by atomic mass is 10.0. The van der Waals surface area contributed by atoms with Gasteiger partial charge in [-0.2, -0.15) is 0 Å². The zero-order valence-corrected chi connectivity index (χ0v) is 10.7. The summed E-state index contributed by atoms with van der Waals surface area (Å²) >= 11 is 0. The molecule has 104 valence electrons. The quantitative estimate of drug-likeness (QED) is 0.822. The van der Waals surface area contributed by atoms with Crippen LogP contribution >= 0.6 is 0 Å². The Balaban J connectivity index is 1.69. The smallest absolute Gasteiger partial charge is 0.181 e. The molecule has 19 heavy (non-hydrogen) atoms. The van der Waals surface area contributed by atoms with Crippen molar-refractivity contribution in [1.29, 1.82) is 0 Å². The molecule has 5 heteroatoms. The largest absolute Gasteiger partial charge is 0.346 e. The molecule has 2 saturated heterocycles. The van der Waals surface area contributed by atoms with Crippen LogP contribution in [0, 0.1) is 11.6 Å². The maximum atomic E-state index is 13.6. The number of piperidine rings is 1. The Morgan fingerprint density at radius 3 is 2.74 bits per heavy atom. The summed E-state index contributed by atoms with van der Waals surface area (Å²) in [4.78, 5) is 2.10. The summed E-state index contributed by atoms with van der Waals surface area (Å²) < 4.78 is 37.9. The number of hydrogen-bond acceptors (Lipinski definition) is 3. The monoisotopic (exact) mass is 269 g/mol. The van der Waals surface area contributed by atoms with Gasteiger partial charge < -0.3 is 9.47 Å². The van der Waals surface area contributed by atoms with Gasteiger partial charge in [0.25, 0.3) is 0 Å². The van der Waals surface area contributed by atoms with Gasteiger partial charge in [-0.15, -0.1) is 0 Å². The van der Waals surface area contributed by atoms with Crippen LogP contribution in [-0.2, 0) is 16.0 Å². The van der Waals surface area contributed by atoms with E-state index in [4.69, 9.17) is 9.47 Å². The fourth-order valence-corrected chi connectivity index (χ4v) is 2.83. The molecule has 0 bridgehead atoms. The van der Waals surface area contributed by atoms with Crippen LogP contribution < -0.4 is 0 Å². The topological polar surface area (TPSA) is 21.7 Å². The van der Waals surface area contributed by atoms with E-state index in [0.29, 0.717) is 31.9 Å². The average Bonchev–Trinajstić information content (AvgIpc) is 2.81. The van der Waals surface area contributed by atoms with E-state index in [-0.39, 0.29) is 0 Å². The highest BCUT2D eigenvalue weighted by molar-refractivity contribution is 5.18. The van der Waals surface area contributed by atoms with Crippen molar-refractivity contribution in [1.82, 2.24) is 4.90 Å². The van der Waals surface area contributed by atoms with Crippen molar-refractivity contribution in [3.8, 4) is 0 Å². The van der Waals surface area contributed by atoms with E-state index in [2.05, 4.69) is 4.90 Å². The molecular formula is C14H17F2NO2. The van der Waals surface area contributed by atoms with Gasteiger partial charge in [0.2, 0.25) is 0 Å². The molecule has 1 spiro atoms. The minimum absolute atomic E-state index is 0.459. The highest BCUT2D eigenvalue weighted by Gasteiger charge is 2.40. The number of nitrogens with zero attached hydrogens (tertiary/aromatic N) is 1. The van der Waals surface area contributed by atoms with Crippen LogP contribution in [0.3, 0.4) is 0 Å². The average molecular weight is 269 g/mol. The molecule has 1 aromatic carbocycles. The first kappa shape index (κ1) is 13.0. The Labute approximate surface area is 111 Å². The molecule has 0 aliphatic carbocycles. The molecule has 0 aromatic heterocycles. The fourth-order valence-electron chi connectivity index (χ4n) is 2.83. The molecule has 2 heterocycles. The van der Waals surface area contributed by atoms with Gasteiger partial charge in [-0.25, -0.2) is 8.78 Å². The van der Waals surface area contributed by atoms with Gasteiger partial charge in [0.1, 0.15) is 11.6 Å². The highest BCUT2D eigenvalue weighted by Crippen LogP contribution is 2.30. The predicted octanol–water partition coefficient (Wildman–Crippen LogP) is 2.30. The number of ether oxygens (including phenoxy) is 2. The lowest BCUT2D eigenvalue weighted by molar-refractivity contribution is -0.190. The zero-order valence-electron chi connectivity index (χ0n) is 10.7. The van der Waals surface area contributed by atoms with E-state index in [1.54, 1.807) is 0 Å². The van der Waals surface area contributed by atoms with Crippen LogP contribution in [0.25, 0.3) is 0 Å². The van der Waals surface area contributed by atoms with Crippen LogP contribution in [-0.4, -0.2) is 37.0 Å². The molecule has 3 rings (SSSR count). The second-order valence-corrected chi connectivity index (χ2v) is 5.16. The third kappa shape index (κ3) is 2.78. The standard InChI is InChI=1S/C14H17F2NO2/c15-12-3-2-11(13(16)8-12)9-17-5-1-4-14(10-17)18-6-7-19-14/h2-3,8H,1,4-7,9-10H2. The first-order chi connectivity index (χ1) is 9.17. The maximum absolute atomic E-state index is 13.6. The summed E-state index contributed by atoms with van der Waals surface area (Å²) in [5.74, 6) is -1.54. The fraction of sp³-hybridized carbons (Fsp3) is 0.571. The molecule has 2 fully saturated rings. The summed E-state index contributed by atoms with van der Waals surface area (Å²) in [7, 11) is 0. The second kappa shape index (κ2) is 5.15. The third-order valence-electron chi connectivity index (χ3n) is 3.72. The zero-order chi connectivity index (χ0) is 13.3. The number of rotatable bonds is 2. The van der Waals surface area contributed by atoms with E-state index in [1.807, 2.05) is 0 Å². The predicted molar refractivity (Wildman–Crippen MR) is 65.5 cm³/mol. The third-order valence-corrected chi connectivity index (χ3v) is 3.72. The molecule has 0 amide bonds. The van der Waals surface area contributed by atoms with Gasteiger partial charge in [0, 0.05) is 24.6 Å². The molecule has 2 aliphatic rings. The molecule has 0 unspecified atom stereocenters. The molecule has 0 saturated carbocycles. The summed E-state index contributed by atoms with van der Waals surface area (Å²) in [6.45, 7) is 3.23. The number of hydrogen-bond donors (Lipinski definition) is 0. The second-order valence-electron chi connectivity index (χ2n) is 5.16. The van der Waals surface area contributed by atoms with Crippen LogP contribution in [0.1, 0.15) is 18.4 Å². The van der Waals surface area contributed by atoms with E-state index >= 15 is 0 Å². The minimum Gasteiger partial charge on any atom is -0.346 e. The van der Waals surface area contributed by atoms with Crippen molar-refractivity contribution >= 4 is 0 Å². The molecule has 0 N–H and O–H groups in total. The Hall–Kier alpha value is -1.04.